The van der Waals surface area contributed by atoms with Crippen molar-refractivity contribution in [2.75, 3.05) is 0 Å². The van der Waals surface area contributed by atoms with Gasteiger partial charge in [0.05, 0.1) is 28.4 Å². The third kappa shape index (κ3) is 1.49. The molecule has 8 heteroatoms. The summed E-state index contributed by atoms with van der Waals surface area (Å²) in [5, 5.41) is 0. The molecule has 0 aromatic heterocycles. The summed E-state index contributed by atoms with van der Waals surface area (Å²) in [5.74, 6) is 0. The molecule has 1 fully saturated rings. The van der Waals surface area contributed by atoms with Gasteiger partial charge in [-0.15, -0.1) is 0 Å². The highest BCUT2D eigenvalue weighted by Crippen LogP contribution is 2.49. The van der Waals surface area contributed by atoms with E-state index in [9.17, 15) is 9.59 Å². The van der Waals surface area contributed by atoms with Crippen LogP contribution in [0.3, 0.4) is 0 Å². The zero-order chi connectivity index (χ0) is 15.0. The molecule has 0 bridgehead atoms. The highest BCUT2D eigenvalue weighted by molar-refractivity contribution is 8.11. The van der Waals surface area contributed by atoms with Crippen molar-refractivity contribution in [3.05, 3.63) is 0 Å². The maximum atomic E-state index is 11.6. The van der Waals surface area contributed by atoms with Crippen LogP contribution < -0.4 is 0 Å². The Morgan fingerprint density at radius 1 is 0.389 bits per heavy atom. The van der Waals surface area contributed by atoms with Gasteiger partial charge in [0.1, 0.15) is 0 Å². The maximum absolute atomic E-state index is 11.6. The molecular formula is C10H32O2Si6. The van der Waals surface area contributed by atoms with Gasteiger partial charge in [0, 0.05) is 0 Å². The first kappa shape index (κ1) is 17.3. The fourth-order valence-electron chi connectivity index (χ4n) is 4.00. The molecule has 2 nitrogen and oxygen atoms in total. The third-order valence-corrected chi connectivity index (χ3v) is 148. The van der Waals surface area contributed by atoms with Crippen LogP contribution in [0.1, 0.15) is 0 Å². The molecule has 0 aliphatic carbocycles. The SMILES string of the molecule is C[Si]1(C)[Si](C)(C)[Si](C)(O)[Si](C)(C)[Si](C)(C)[Si]1(C)O. The molecule has 0 spiro atoms. The van der Waals surface area contributed by atoms with Gasteiger partial charge in [0.2, 0.25) is 0 Å². The lowest BCUT2D eigenvalue weighted by Gasteiger charge is -2.69. The molecule has 0 unspecified atom stereocenters. The maximum Gasteiger partial charge on any atom is 0.155 e. The summed E-state index contributed by atoms with van der Waals surface area (Å²) in [6.07, 6.45) is 0. The van der Waals surface area contributed by atoms with Crippen LogP contribution in [0.25, 0.3) is 0 Å². The number of hydrogen-bond acceptors (Lipinski definition) is 2. The van der Waals surface area contributed by atoms with E-state index in [0.717, 1.165) is 0 Å². The van der Waals surface area contributed by atoms with Gasteiger partial charge >= 0.3 is 0 Å². The molecule has 0 aromatic carbocycles. The van der Waals surface area contributed by atoms with Gasteiger partial charge in [-0.2, -0.15) is 0 Å². The standard InChI is InChI=1S/C10H32O2Si6/c1-13(2)14(3,4)18(10,12)16(7,8)15(5,6)17(13,9)11/h11-12H,1-10H3. The van der Waals surface area contributed by atoms with Crippen molar-refractivity contribution in [2.24, 2.45) is 0 Å². The van der Waals surface area contributed by atoms with Crippen molar-refractivity contribution in [1.29, 1.82) is 0 Å². The predicted molar refractivity (Wildman–Crippen MR) is 97.6 cm³/mol. The van der Waals surface area contributed by atoms with Gasteiger partial charge < -0.3 is 9.59 Å². The topological polar surface area (TPSA) is 40.5 Å². The molecule has 18 heavy (non-hydrogen) atoms. The molecule has 1 saturated heterocycles. The molecule has 1 aliphatic rings. The normalized spacial score (nSPS) is 44.7. The Balaban J connectivity index is 3.72. The van der Waals surface area contributed by atoms with E-state index in [4.69, 9.17) is 0 Å². The fraction of sp³-hybridized carbons (Fsp3) is 1.00. The highest BCUT2D eigenvalue weighted by Gasteiger charge is 2.79. The lowest BCUT2D eigenvalue weighted by atomic mass is 11.9. The van der Waals surface area contributed by atoms with E-state index in [1.807, 2.05) is 0 Å². The van der Waals surface area contributed by atoms with E-state index < -0.39 is 43.1 Å². The molecule has 0 amide bonds. The van der Waals surface area contributed by atoms with E-state index in [-0.39, 0.29) is 0 Å². The van der Waals surface area contributed by atoms with Crippen LogP contribution in [0, 0.1) is 0 Å². The molecule has 0 radical (unpaired) electrons. The summed E-state index contributed by atoms with van der Waals surface area (Å²) >= 11 is 0. The van der Waals surface area contributed by atoms with Crippen molar-refractivity contribution < 1.29 is 9.59 Å². The minimum absolute atomic E-state index is 1.66. The van der Waals surface area contributed by atoms with Gasteiger partial charge in [-0.05, 0) is 0 Å². The lowest BCUT2D eigenvalue weighted by molar-refractivity contribution is 0.578. The summed E-state index contributed by atoms with van der Waals surface area (Å²) in [4.78, 5) is 23.2. The van der Waals surface area contributed by atoms with E-state index in [2.05, 4.69) is 65.5 Å². The Morgan fingerprint density at radius 2 is 0.500 bits per heavy atom. The van der Waals surface area contributed by atoms with Crippen molar-refractivity contribution in [1.82, 2.24) is 0 Å². The molecule has 1 heterocycles. The Labute approximate surface area is 118 Å². The van der Waals surface area contributed by atoms with Crippen LogP contribution in [-0.4, -0.2) is 52.7 Å². The van der Waals surface area contributed by atoms with Crippen molar-refractivity contribution in [2.45, 2.75) is 65.5 Å². The summed E-state index contributed by atoms with van der Waals surface area (Å²) in [6.45, 7) is 23.9. The zero-order valence-electron chi connectivity index (χ0n) is 13.9. The number of hydrogen-bond donors (Lipinski definition) is 2. The fourth-order valence-corrected chi connectivity index (χ4v) is 222. The molecular weight excluding hydrogens is 321 g/mol. The van der Waals surface area contributed by atoms with Crippen molar-refractivity contribution in [3.63, 3.8) is 0 Å². The lowest BCUT2D eigenvalue weighted by Crippen LogP contribution is -3.02. The Kier molecular flexibility index (Phi) is 3.74. The second-order valence-electron chi connectivity index (χ2n) is 8.64. The van der Waals surface area contributed by atoms with E-state index in [0.29, 0.717) is 0 Å². The summed E-state index contributed by atoms with van der Waals surface area (Å²) < 4.78 is 0. The van der Waals surface area contributed by atoms with Crippen LogP contribution in [0.15, 0.2) is 0 Å². The van der Waals surface area contributed by atoms with Crippen LogP contribution in [0.2, 0.25) is 65.5 Å². The van der Waals surface area contributed by atoms with Gasteiger partial charge in [-0.25, -0.2) is 0 Å². The molecule has 2 N–H and O–H groups in total. The summed E-state index contributed by atoms with van der Waals surface area (Å²) in [6, 6.07) is 0. The Bertz CT molecular complexity index is 256. The van der Waals surface area contributed by atoms with E-state index in [1.54, 1.807) is 0 Å². The Hall–Kier alpha value is 1.22. The first-order valence-corrected chi connectivity index (χ1v) is 29.8. The number of rotatable bonds is 0. The second kappa shape index (κ2) is 3.90. The van der Waals surface area contributed by atoms with Crippen LogP contribution in [-0.2, 0) is 0 Å². The molecule has 1 aliphatic heterocycles. The average molecular weight is 353 g/mol. The Morgan fingerprint density at radius 3 is 0.611 bits per heavy atom. The van der Waals surface area contributed by atoms with Gasteiger partial charge in [-0.1, -0.05) is 65.5 Å². The minimum atomic E-state index is -2.13. The van der Waals surface area contributed by atoms with Crippen LogP contribution in [0.5, 0.6) is 0 Å². The average Bonchev–Trinajstić information content (AvgIpc) is 2.14. The molecule has 0 saturated carbocycles. The van der Waals surface area contributed by atoms with Crippen LogP contribution in [0.4, 0.5) is 0 Å². The largest absolute Gasteiger partial charge is 0.438 e. The molecule has 0 atom stereocenters. The van der Waals surface area contributed by atoms with Gasteiger partial charge in [-0.3, -0.25) is 0 Å². The summed E-state index contributed by atoms with van der Waals surface area (Å²) in [5.41, 5.74) is 0. The monoisotopic (exact) mass is 352 g/mol. The van der Waals surface area contributed by atoms with Gasteiger partial charge in [0.25, 0.3) is 0 Å². The van der Waals surface area contributed by atoms with E-state index >= 15 is 0 Å². The first-order valence-electron chi connectivity index (χ1n) is 6.95. The first-order chi connectivity index (χ1) is 7.50. The highest BCUT2D eigenvalue weighted by atomic mass is 30.2. The minimum Gasteiger partial charge on any atom is -0.438 e. The molecule has 1 rings (SSSR count). The van der Waals surface area contributed by atoms with Gasteiger partial charge in [0.15, 0.2) is 14.7 Å². The quantitative estimate of drug-likeness (QED) is 0.657. The predicted octanol–water partition coefficient (Wildman–Crippen LogP) is 2.44. The van der Waals surface area contributed by atoms with Crippen LogP contribution >= 0.6 is 0 Å². The zero-order valence-corrected chi connectivity index (χ0v) is 19.9. The molecule has 108 valence electrons. The summed E-state index contributed by atoms with van der Waals surface area (Å²) in [7, 11) is -10.9. The third-order valence-electron chi connectivity index (χ3n) is 7.99. The smallest absolute Gasteiger partial charge is 0.155 e. The molecule has 0 aromatic rings. The van der Waals surface area contributed by atoms with E-state index in [1.165, 1.54) is 0 Å². The van der Waals surface area contributed by atoms with Crippen molar-refractivity contribution >= 4 is 43.1 Å². The van der Waals surface area contributed by atoms with Crippen molar-refractivity contribution in [3.8, 4) is 0 Å². The second-order valence-corrected chi connectivity index (χ2v) is 76.6.